The maximum atomic E-state index is 11.2. The SMILES string of the molecule is COc1ccc2nc(CCl)n(CCCS(C)(=O)=O)c2c1. The van der Waals surface area contributed by atoms with E-state index in [1.807, 2.05) is 22.8 Å². The van der Waals surface area contributed by atoms with Crippen LogP contribution in [0.4, 0.5) is 0 Å². The van der Waals surface area contributed by atoms with Gasteiger partial charge in [-0.25, -0.2) is 13.4 Å². The van der Waals surface area contributed by atoms with Crippen molar-refractivity contribution in [2.75, 3.05) is 19.1 Å². The number of halogens is 1. The molecule has 0 atom stereocenters. The standard InChI is InChI=1S/C13H17ClN2O3S/c1-19-10-4-5-11-12(8-10)16(13(9-14)15-11)6-3-7-20(2,17)18/h4-5,8H,3,6-7,9H2,1-2H3. The van der Waals surface area contributed by atoms with Crippen LogP contribution in [0.1, 0.15) is 12.2 Å². The van der Waals surface area contributed by atoms with Gasteiger partial charge in [0, 0.05) is 18.9 Å². The number of ether oxygens (including phenoxy) is 1. The first-order valence-electron chi connectivity index (χ1n) is 6.21. The van der Waals surface area contributed by atoms with Crippen molar-refractivity contribution in [3.63, 3.8) is 0 Å². The van der Waals surface area contributed by atoms with Crippen LogP contribution in [0.5, 0.6) is 5.75 Å². The van der Waals surface area contributed by atoms with Crippen LogP contribution in [0.2, 0.25) is 0 Å². The fraction of sp³-hybridized carbons (Fsp3) is 0.462. The zero-order valence-corrected chi connectivity index (χ0v) is 13.0. The number of aromatic nitrogens is 2. The van der Waals surface area contributed by atoms with E-state index in [0.717, 1.165) is 22.6 Å². The second-order valence-corrected chi connectivity index (χ2v) is 7.18. The second kappa shape index (κ2) is 6.01. The highest BCUT2D eigenvalue weighted by atomic mass is 35.5. The summed E-state index contributed by atoms with van der Waals surface area (Å²) in [4.78, 5) is 4.45. The van der Waals surface area contributed by atoms with Gasteiger partial charge < -0.3 is 9.30 Å². The van der Waals surface area contributed by atoms with Crippen LogP contribution >= 0.6 is 11.6 Å². The third kappa shape index (κ3) is 3.43. The topological polar surface area (TPSA) is 61.2 Å². The highest BCUT2D eigenvalue weighted by Gasteiger charge is 2.11. The van der Waals surface area contributed by atoms with Crippen LogP contribution < -0.4 is 4.74 Å². The molecule has 0 saturated heterocycles. The number of benzene rings is 1. The van der Waals surface area contributed by atoms with Crippen LogP contribution in [-0.4, -0.2) is 37.1 Å². The number of methoxy groups -OCH3 is 1. The molecule has 1 heterocycles. The number of hydrogen-bond acceptors (Lipinski definition) is 4. The maximum absolute atomic E-state index is 11.2. The molecule has 0 aliphatic carbocycles. The average molecular weight is 317 g/mol. The Hall–Kier alpha value is -1.27. The molecule has 0 bridgehead atoms. The number of hydrogen-bond donors (Lipinski definition) is 0. The Bertz CT molecular complexity index is 710. The number of alkyl halides is 1. The van der Waals surface area contributed by atoms with Crippen molar-refractivity contribution in [3.05, 3.63) is 24.0 Å². The predicted octanol–water partition coefficient (Wildman–Crippen LogP) is 2.22. The number of nitrogens with zero attached hydrogens (tertiary/aromatic N) is 2. The van der Waals surface area contributed by atoms with Crippen molar-refractivity contribution < 1.29 is 13.2 Å². The number of aryl methyl sites for hydroxylation is 1. The van der Waals surface area contributed by atoms with Crippen LogP contribution in [-0.2, 0) is 22.3 Å². The van der Waals surface area contributed by atoms with Gasteiger partial charge in [-0.3, -0.25) is 0 Å². The minimum absolute atomic E-state index is 0.151. The Labute approximate surface area is 123 Å². The lowest BCUT2D eigenvalue weighted by molar-refractivity contribution is 0.415. The van der Waals surface area contributed by atoms with Gasteiger partial charge in [-0.05, 0) is 18.6 Å². The highest BCUT2D eigenvalue weighted by Crippen LogP contribution is 2.23. The van der Waals surface area contributed by atoms with E-state index in [2.05, 4.69) is 4.98 Å². The van der Waals surface area contributed by atoms with Gasteiger partial charge in [0.15, 0.2) is 0 Å². The van der Waals surface area contributed by atoms with Gasteiger partial charge in [0.25, 0.3) is 0 Å². The molecule has 7 heteroatoms. The van der Waals surface area contributed by atoms with E-state index in [4.69, 9.17) is 16.3 Å². The summed E-state index contributed by atoms with van der Waals surface area (Å²) in [6.07, 6.45) is 1.77. The molecule has 0 amide bonds. The molecule has 2 rings (SSSR count). The molecule has 0 spiro atoms. The summed E-state index contributed by atoms with van der Waals surface area (Å²) >= 11 is 5.91. The molecule has 1 aromatic heterocycles. The first-order chi connectivity index (χ1) is 9.44. The molecule has 2 aromatic rings. The van der Waals surface area contributed by atoms with Crippen molar-refractivity contribution in [1.82, 2.24) is 9.55 Å². The van der Waals surface area contributed by atoms with Gasteiger partial charge in [-0.1, -0.05) is 0 Å². The van der Waals surface area contributed by atoms with Crippen LogP contribution in [0.15, 0.2) is 18.2 Å². The Morgan fingerprint density at radius 1 is 1.40 bits per heavy atom. The molecule has 0 aliphatic heterocycles. The van der Waals surface area contributed by atoms with E-state index < -0.39 is 9.84 Å². The third-order valence-corrected chi connectivity index (χ3v) is 4.32. The predicted molar refractivity (Wildman–Crippen MR) is 80.2 cm³/mol. The highest BCUT2D eigenvalue weighted by molar-refractivity contribution is 7.90. The van der Waals surface area contributed by atoms with E-state index in [1.165, 1.54) is 6.26 Å². The lowest BCUT2D eigenvalue weighted by Crippen LogP contribution is -2.09. The van der Waals surface area contributed by atoms with Crippen molar-refractivity contribution in [2.24, 2.45) is 0 Å². The molecule has 20 heavy (non-hydrogen) atoms. The van der Waals surface area contributed by atoms with Gasteiger partial charge in [-0.2, -0.15) is 0 Å². The molecular formula is C13H17ClN2O3S. The maximum Gasteiger partial charge on any atom is 0.147 e. The Kier molecular flexibility index (Phi) is 4.55. The number of imidazole rings is 1. The third-order valence-electron chi connectivity index (χ3n) is 3.05. The van der Waals surface area contributed by atoms with Crippen LogP contribution in [0.25, 0.3) is 11.0 Å². The summed E-state index contributed by atoms with van der Waals surface area (Å²) in [5.41, 5.74) is 1.74. The molecule has 0 N–H and O–H groups in total. The van der Waals surface area contributed by atoms with Crippen LogP contribution in [0, 0.1) is 0 Å². The monoisotopic (exact) mass is 316 g/mol. The summed E-state index contributed by atoms with van der Waals surface area (Å²) < 4.78 is 29.6. The van der Waals surface area contributed by atoms with Crippen LogP contribution in [0.3, 0.4) is 0 Å². The molecule has 1 aromatic carbocycles. The molecular weight excluding hydrogens is 300 g/mol. The summed E-state index contributed by atoms with van der Waals surface area (Å²) in [5, 5.41) is 0. The molecule has 0 aliphatic rings. The Morgan fingerprint density at radius 2 is 2.15 bits per heavy atom. The lowest BCUT2D eigenvalue weighted by Gasteiger charge is -2.08. The van der Waals surface area contributed by atoms with Gasteiger partial charge in [0.2, 0.25) is 0 Å². The minimum Gasteiger partial charge on any atom is -0.497 e. The zero-order chi connectivity index (χ0) is 14.8. The molecule has 5 nitrogen and oxygen atoms in total. The summed E-state index contributed by atoms with van der Waals surface area (Å²) in [5.74, 6) is 1.92. The van der Waals surface area contributed by atoms with E-state index in [9.17, 15) is 8.42 Å². The summed E-state index contributed by atoms with van der Waals surface area (Å²) in [6, 6.07) is 5.60. The van der Waals surface area contributed by atoms with Crippen molar-refractivity contribution in [2.45, 2.75) is 18.8 Å². The van der Waals surface area contributed by atoms with Crippen molar-refractivity contribution in [1.29, 1.82) is 0 Å². The van der Waals surface area contributed by atoms with E-state index >= 15 is 0 Å². The van der Waals surface area contributed by atoms with E-state index in [1.54, 1.807) is 7.11 Å². The first kappa shape index (κ1) is 15.1. The average Bonchev–Trinajstić information content (AvgIpc) is 2.74. The van der Waals surface area contributed by atoms with Crippen molar-refractivity contribution in [3.8, 4) is 5.75 Å². The normalized spacial score (nSPS) is 11.9. The van der Waals surface area contributed by atoms with E-state index in [0.29, 0.717) is 13.0 Å². The molecule has 110 valence electrons. The van der Waals surface area contributed by atoms with E-state index in [-0.39, 0.29) is 11.6 Å². The Balaban J connectivity index is 2.33. The fourth-order valence-electron chi connectivity index (χ4n) is 2.12. The first-order valence-corrected chi connectivity index (χ1v) is 8.81. The van der Waals surface area contributed by atoms with Gasteiger partial charge in [0.1, 0.15) is 21.4 Å². The van der Waals surface area contributed by atoms with Gasteiger partial charge >= 0.3 is 0 Å². The zero-order valence-electron chi connectivity index (χ0n) is 11.5. The largest absolute Gasteiger partial charge is 0.497 e. The number of sulfone groups is 1. The van der Waals surface area contributed by atoms with Gasteiger partial charge in [-0.15, -0.1) is 11.6 Å². The minimum atomic E-state index is -2.95. The number of fused-ring (bicyclic) bond motifs is 1. The lowest BCUT2D eigenvalue weighted by atomic mass is 10.3. The fourth-order valence-corrected chi connectivity index (χ4v) is 2.97. The van der Waals surface area contributed by atoms with Gasteiger partial charge in [0.05, 0.1) is 29.8 Å². The summed E-state index contributed by atoms with van der Waals surface area (Å²) in [7, 11) is -1.35. The van der Waals surface area contributed by atoms with Crippen molar-refractivity contribution >= 4 is 32.5 Å². The Morgan fingerprint density at radius 3 is 2.75 bits per heavy atom. The second-order valence-electron chi connectivity index (χ2n) is 4.65. The number of rotatable bonds is 6. The molecule has 0 unspecified atom stereocenters. The molecule has 0 saturated carbocycles. The molecule has 0 fully saturated rings. The summed E-state index contributed by atoms with van der Waals surface area (Å²) in [6.45, 7) is 0.568. The quantitative estimate of drug-likeness (QED) is 0.767. The molecule has 0 radical (unpaired) electrons. The smallest absolute Gasteiger partial charge is 0.147 e.